The smallest absolute Gasteiger partial charge is 0.267 e. The second-order valence-corrected chi connectivity index (χ2v) is 6.53. The standard InChI is InChI=1S/C12H22N4O3S/c1-9(6-13-2)7-15-20(18,19)10-5-11(12(17)14-3)16(4)8-10/h5,8-9,13,15H,6-7H2,1-4H3,(H,14,17). The van der Waals surface area contributed by atoms with Gasteiger partial charge in [0.25, 0.3) is 5.91 Å². The summed E-state index contributed by atoms with van der Waals surface area (Å²) in [6.45, 7) is 3.01. The van der Waals surface area contributed by atoms with Crippen molar-refractivity contribution in [2.45, 2.75) is 11.8 Å². The summed E-state index contributed by atoms with van der Waals surface area (Å²) in [7, 11) is 1.35. The zero-order chi connectivity index (χ0) is 15.3. The lowest BCUT2D eigenvalue weighted by molar-refractivity contribution is 0.0955. The predicted octanol–water partition coefficient (Wildman–Crippen LogP) is -0.481. The van der Waals surface area contributed by atoms with Crippen LogP contribution in [-0.2, 0) is 17.1 Å². The Hall–Kier alpha value is -1.38. The lowest BCUT2D eigenvalue weighted by Gasteiger charge is -2.11. The van der Waals surface area contributed by atoms with Gasteiger partial charge in [0.1, 0.15) is 10.6 Å². The number of nitrogens with zero attached hydrogens (tertiary/aromatic N) is 1. The molecule has 0 aliphatic heterocycles. The quantitative estimate of drug-likeness (QED) is 0.634. The molecule has 1 amide bonds. The molecular weight excluding hydrogens is 280 g/mol. The number of amides is 1. The Morgan fingerprint density at radius 3 is 2.55 bits per heavy atom. The van der Waals surface area contributed by atoms with Gasteiger partial charge >= 0.3 is 0 Å². The molecule has 0 radical (unpaired) electrons. The molecule has 0 bridgehead atoms. The van der Waals surface area contributed by atoms with E-state index in [1.165, 1.54) is 23.9 Å². The summed E-state index contributed by atoms with van der Waals surface area (Å²) < 4.78 is 28.3. The van der Waals surface area contributed by atoms with Gasteiger partial charge in [-0.15, -0.1) is 0 Å². The van der Waals surface area contributed by atoms with Crippen molar-refractivity contribution in [3.8, 4) is 0 Å². The molecule has 0 saturated carbocycles. The maximum Gasteiger partial charge on any atom is 0.267 e. The first-order valence-corrected chi connectivity index (χ1v) is 7.82. The first-order chi connectivity index (χ1) is 9.31. The van der Waals surface area contributed by atoms with Crippen LogP contribution >= 0.6 is 0 Å². The van der Waals surface area contributed by atoms with Crippen LogP contribution in [0.2, 0.25) is 0 Å². The lowest BCUT2D eigenvalue weighted by atomic mass is 10.2. The number of aromatic nitrogens is 1. The number of carbonyl (C=O) groups excluding carboxylic acids is 1. The van der Waals surface area contributed by atoms with Crippen LogP contribution in [0.25, 0.3) is 0 Å². The Morgan fingerprint density at radius 2 is 2.00 bits per heavy atom. The first kappa shape index (κ1) is 16.7. The van der Waals surface area contributed by atoms with Crippen molar-refractivity contribution in [3.05, 3.63) is 18.0 Å². The molecule has 0 spiro atoms. The Kier molecular flexibility index (Phi) is 5.73. The van der Waals surface area contributed by atoms with Crippen LogP contribution in [-0.4, -0.2) is 46.1 Å². The zero-order valence-electron chi connectivity index (χ0n) is 12.2. The average molecular weight is 302 g/mol. The van der Waals surface area contributed by atoms with E-state index in [4.69, 9.17) is 0 Å². The highest BCUT2D eigenvalue weighted by atomic mass is 32.2. The molecule has 7 nitrogen and oxygen atoms in total. The monoisotopic (exact) mass is 302 g/mol. The van der Waals surface area contributed by atoms with E-state index in [0.717, 1.165) is 6.54 Å². The second-order valence-electron chi connectivity index (χ2n) is 4.77. The van der Waals surface area contributed by atoms with Crippen molar-refractivity contribution >= 4 is 15.9 Å². The highest BCUT2D eigenvalue weighted by Gasteiger charge is 2.20. The molecule has 20 heavy (non-hydrogen) atoms. The van der Waals surface area contributed by atoms with Gasteiger partial charge in [-0.1, -0.05) is 6.92 Å². The summed E-state index contributed by atoms with van der Waals surface area (Å²) in [5, 5.41) is 5.46. The minimum Gasteiger partial charge on any atom is -0.354 e. The molecule has 0 aromatic carbocycles. The Morgan fingerprint density at radius 1 is 1.35 bits per heavy atom. The van der Waals surface area contributed by atoms with Crippen LogP contribution < -0.4 is 15.4 Å². The number of nitrogens with one attached hydrogen (secondary N) is 3. The third-order valence-corrected chi connectivity index (χ3v) is 4.31. The van der Waals surface area contributed by atoms with E-state index in [-0.39, 0.29) is 16.7 Å². The van der Waals surface area contributed by atoms with Gasteiger partial charge < -0.3 is 15.2 Å². The largest absolute Gasteiger partial charge is 0.354 e. The summed E-state index contributed by atoms with van der Waals surface area (Å²) >= 11 is 0. The number of hydrogen-bond acceptors (Lipinski definition) is 4. The molecule has 0 aliphatic rings. The van der Waals surface area contributed by atoms with Crippen molar-refractivity contribution in [1.82, 2.24) is 19.9 Å². The van der Waals surface area contributed by atoms with Crippen LogP contribution in [0.15, 0.2) is 17.2 Å². The molecule has 114 valence electrons. The van der Waals surface area contributed by atoms with Gasteiger partial charge in [-0.2, -0.15) is 0 Å². The molecule has 0 saturated heterocycles. The maximum absolute atomic E-state index is 12.1. The fourth-order valence-corrected chi connectivity index (χ4v) is 3.03. The minimum atomic E-state index is -3.60. The second kappa shape index (κ2) is 6.87. The SMILES string of the molecule is CNCC(C)CNS(=O)(=O)c1cc(C(=O)NC)n(C)c1. The van der Waals surface area contributed by atoms with Crippen LogP contribution in [0.4, 0.5) is 0 Å². The van der Waals surface area contributed by atoms with Gasteiger partial charge in [-0.3, -0.25) is 4.79 Å². The van der Waals surface area contributed by atoms with Gasteiger partial charge in [0.15, 0.2) is 0 Å². The first-order valence-electron chi connectivity index (χ1n) is 6.34. The van der Waals surface area contributed by atoms with Crippen molar-refractivity contribution < 1.29 is 13.2 Å². The van der Waals surface area contributed by atoms with E-state index in [0.29, 0.717) is 12.2 Å². The number of sulfonamides is 1. The predicted molar refractivity (Wildman–Crippen MR) is 77.1 cm³/mol. The number of aryl methyl sites for hydroxylation is 1. The molecule has 1 rings (SSSR count). The molecule has 1 aromatic heterocycles. The van der Waals surface area contributed by atoms with Crippen molar-refractivity contribution in [2.75, 3.05) is 27.2 Å². The molecule has 1 atom stereocenters. The van der Waals surface area contributed by atoms with E-state index in [1.54, 1.807) is 7.05 Å². The molecule has 8 heteroatoms. The van der Waals surface area contributed by atoms with Gasteiger partial charge in [0.05, 0.1) is 0 Å². The normalized spacial score (nSPS) is 13.2. The summed E-state index contributed by atoms with van der Waals surface area (Å²) in [6, 6.07) is 1.36. The van der Waals surface area contributed by atoms with E-state index < -0.39 is 10.0 Å². The number of hydrogen-bond donors (Lipinski definition) is 3. The molecule has 1 aromatic rings. The highest BCUT2D eigenvalue weighted by molar-refractivity contribution is 7.89. The Bertz CT molecular complexity index is 565. The van der Waals surface area contributed by atoms with Crippen molar-refractivity contribution in [1.29, 1.82) is 0 Å². The number of rotatable bonds is 7. The molecule has 1 heterocycles. The van der Waals surface area contributed by atoms with Gasteiger partial charge in [0, 0.05) is 26.8 Å². The summed E-state index contributed by atoms with van der Waals surface area (Å²) in [5.74, 6) is -0.144. The number of carbonyl (C=O) groups is 1. The fraction of sp³-hybridized carbons (Fsp3) is 0.583. The average Bonchev–Trinajstić information content (AvgIpc) is 2.79. The van der Waals surface area contributed by atoms with E-state index in [2.05, 4.69) is 15.4 Å². The third-order valence-electron chi connectivity index (χ3n) is 2.92. The Labute approximate surface area is 119 Å². The van der Waals surface area contributed by atoms with Gasteiger partial charge in [-0.25, -0.2) is 13.1 Å². The topological polar surface area (TPSA) is 92.2 Å². The highest BCUT2D eigenvalue weighted by Crippen LogP contribution is 2.13. The zero-order valence-corrected chi connectivity index (χ0v) is 13.0. The Balaban J connectivity index is 2.85. The summed E-state index contributed by atoms with van der Waals surface area (Å²) in [6.07, 6.45) is 1.43. The molecular formula is C12H22N4O3S. The van der Waals surface area contributed by atoms with E-state index in [1.807, 2.05) is 14.0 Å². The van der Waals surface area contributed by atoms with Crippen LogP contribution in [0, 0.1) is 5.92 Å². The summed E-state index contributed by atoms with van der Waals surface area (Å²) in [5.41, 5.74) is 0.302. The molecule has 1 unspecified atom stereocenters. The van der Waals surface area contributed by atoms with E-state index >= 15 is 0 Å². The van der Waals surface area contributed by atoms with E-state index in [9.17, 15) is 13.2 Å². The minimum absolute atomic E-state index is 0.0928. The molecule has 0 fully saturated rings. The van der Waals surface area contributed by atoms with Crippen LogP contribution in [0.3, 0.4) is 0 Å². The van der Waals surface area contributed by atoms with Crippen LogP contribution in [0.5, 0.6) is 0 Å². The molecule has 0 aliphatic carbocycles. The maximum atomic E-state index is 12.1. The van der Waals surface area contributed by atoms with Gasteiger partial charge in [-0.05, 0) is 25.6 Å². The van der Waals surface area contributed by atoms with Crippen LogP contribution in [0.1, 0.15) is 17.4 Å². The van der Waals surface area contributed by atoms with Crippen molar-refractivity contribution in [3.63, 3.8) is 0 Å². The summed E-state index contributed by atoms with van der Waals surface area (Å²) in [4.78, 5) is 11.7. The fourth-order valence-electron chi connectivity index (χ4n) is 1.79. The van der Waals surface area contributed by atoms with Crippen molar-refractivity contribution in [2.24, 2.45) is 13.0 Å². The lowest BCUT2D eigenvalue weighted by Crippen LogP contribution is -2.32. The van der Waals surface area contributed by atoms with Gasteiger partial charge in [0.2, 0.25) is 10.0 Å². The third kappa shape index (κ3) is 4.06. The molecule has 3 N–H and O–H groups in total.